The molecule has 98 valence electrons. The highest BCUT2D eigenvalue weighted by Gasteiger charge is 2.04. The first-order valence-electron chi connectivity index (χ1n) is 5.91. The Morgan fingerprint density at radius 3 is 2.89 bits per heavy atom. The molecule has 0 aliphatic carbocycles. The Hall–Kier alpha value is -1.90. The molecule has 0 radical (unpaired) electrons. The molecule has 0 saturated carbocycles. The fourth-order valence-electron chi connectivity index (χ4n) is 1.76. The van der Waals surface area contributed by atoms with Crippen molar-refractivity contribution in [3.8, 4) is 11.8 Å². The van der Waals surface area contributed by atoms with Crippen LogP contribution in [0.3, 0.4) is 0 Å². The van der Waals surface area contributed by atoms with E-state index in [1.807, 2.05) is 19.1 Å². The summed E-state index contributed by atoms with van der Waals surface area (Å²) in [5.41, 5.74) is 2.70. The summed E-state index contributed by atoms with van der Waals surface area (Å²) in [6.07, 6.45) is 0. The number of aromatic nitrogens is 1. The Morgan fingerprint density at radius 1 is 1.42 bits per heavy atom. The van der Waals surface area contributed by atoms with Gasteiger partial charge in [0.15, 0.2) is 0 Å². The zero-order valence-corrected chi connectivity index (χ0v) is 11.8. The number of aryl methyl sites for hydroxylation is 1. The molecule has 4 nitrogen and oxygen atoms in total. The van der Waals surface area contributed by atoms with Crippen LogP contribution in [-0.4, -0.2) is 12.1 Å². The van der Waals surface area contributed by atoms with E-state index in [0.29, 0.717) is 11.3 Å². The zero-order chi connectivity index (χ0) is 13.7. The Labute approximate surface area is 116 Å². The van der Waals surface area contributed by atoms with Gasteiger partial charge in [0.05, 0.1) is 23.4 Å². The SMILES string of the molecule is COc1cc(CNCc2csc(C)n2)ccc1C#N. The molecule has 1 heterocycles. The Morgan fingerprint density at radius 2 is 2.26 bits per heavy atom. The third kappa shape index (κ3) is 3.53. The van der Waals surface area contributed by atoms with Crippen molar-refractivity contribution in [3.05, 3.63) is 45.4 Å². The lowest BCUT2D eigenvalue weighted by Gasteiger charge is -2.07. The van der Waals surface area contributed by atoms with Crippen LogP contribution in [0.2, 0.25) is 0 Å². The fourth-order valence-corrected chi connectivity index (χ4v) is 2.37. The maximum atomic E-state index is 8.91. The van der Waals surface area contributed by atoms with Crippen LogP contribution in [0.15, 0.2) is 23.6 Å². The molecule has 0 unspecified atom stereocenters. The van der Waals surface area contributed by atoms with Gasteiger partial charge in [0.1, 0.15) is 11.8 Å². The number of hydrogen-bond donors (Lipinski definition) is 1. The molecule has 2 rings (SSSR count). The summed E-state index contributed by atoms with van der Waals surface area (Å²) in [5, 5.41) is 15.4. The van der Waals surface area contributed by atoms with Gasteiger partial charge < -0.3 is 10.1 Å². The van der Waals surface area contributed by atoms with Crippen molar-refractivity contribution in [3.63, 3.8) is 0 Å². The van der Waals surface area contributed by atoms with Crippen molar-refractivity contribution in [2.45, 2.75) is 20.0 Å². The van der Waals surface area contributed by atoms with Gasteiger partial charge in [0, 0.05) is 18.5 Å². The number of benzene rings is 1. The number of hydrogen-bond acceptors (Lipinski definition) is 5. The number of nitrogens with zero attached hydrogens (tertiary/aromatic N) is 2. The first-order valence-corrected chi connectivity index (χ1v) is 6.79. The maximum absolute atomic E-state index is 8.91. The molecule has 0 atom stereocenters. The highest BCUT2D eigenvalue weighted by Crippen LogP contribution is 2.19. The number of thiazole rings is 1. The second-order valence-electron chi connectivity index (χ2n) is 4.11. The molecular formula is C14H15N3OS. The van der Waals surface area contributed by atoms with Gasteiger partial charge in [-0.15, -0.1) is 11.3 Å². The van der Waals surface area contributed by atoms with Crippen molar-refractivity contribution in [2.75, 3.05) is 7.11 Å². The van der Waals surface area contributed by atoms with Crippen molar-refractivity contribution < 1.29 is 4.74 Å². The molecule has 19 heavy (non-hydrogen) atoms. The van der Waals surface area contributed by atoms with E-state index in [1.165, 1.54) is 0 Å². The maximum Gasteiger partial charge on any atom is 0.136 e. The molecule has 0 bridgehead atoms. The fraction of sp³-hybridized carbons (Fsp3) is 0.286. The molecular weight excluding hydrogens is 258 g/mol. The summed E-state index contributed by atoms with van der Waals surface area (Å²) in [6, 6.07) is 7.70. The molecule has 1 aromatic carbocycles. The summed E-state index contributed by atoms with van der Waals surface area (Å²) in [5.74, 6) is 0.617. The summed E-state index contributed by atoms with van der Waals surface area (Å²) in [6.45, 7) is 3.46. The third-order valence-corrected chi connectivity index (χ3v) is 3.51. The number of ether oxygens (including phenoxy) is 1. The topological polar surface area (TPSA) is 57.9 Å². The van der Waals surface area contributed by atoms with Crippen molar-refractivity contribution in [2.24, 2.45) is 0 Å². The molecule has 0 aliphatic heterocycles. The van der Waals surface area contributed by atoms with E-state index < -0.39 is 0 Å². The van der Waals surface area contributed by atoms with Gasteiger partial charge in [0.2, 0.25) is 0 Å². The molecule has 0 fully saturated rings. The monoisotopic (exact) mass is 273 g/mol. The molecule has 1 N–H and O–H groups in total. The Bertz CT molecular complexity index is 601. The minimum absolute atomic E-state index is 0.557. The number of nitriles is 1. The second kappa shape index (κ2) is 6.32. The zero-order valence-electron chi connectivity index (χ0n) is 10.9. The van der Waals surface area contributed by atoms with Crippen molar-refractivity contribution in [1.82, 2.24) is 10.3 Å². The smallest absolute Gasteiger partial charge is 0.136 e. The molecule has 0 saturated heterocycles. The van der Waals surface area contributed by atoms with E-state index in [0.717, 1.165) is 29.4 Å². The summed E-state index contributed by atoms with van der Waals surface area (Å²) >= 11 is 1.65. The van der Waals surface area contributed by atoms with Crippen LogP contribution in [0.1, 0.15) is 21.8 Å². The molecule has 2 aromatic rings. The van der Waals surface area contributed by atoms with Crippen LogP contribution in [0.5, 0.6) is 5.75 Å². The lowest BCUT2D eigenvalue weighted by atomic mass is 10.1. The van der Waals surface area contributed by atoms with Crippen LogP contribution in [0.25, 0.3) is 0 Å². The summed E-state index contributed by atoms with van der Waals surface area (Å²) < 4.78 is 5.18. The summed E-state index contributed by atoms with van der Waals surface area (Å²) in [7, 11) is 1.57. The minimum atomic E-state index is 0.557. The van der Waals surface area contributed by atoms with Gasteiger partial charge in [-0.25, -0.2) is 4.98 Å². The first kappa shape index (κ1) is 13.5. The largest absolute Gasteiger partial charge is 0.495 e. The van der Waals surface area contributed by atoms with E-state index in [4.69, 9.17) is 10.00 Å². The molecule has 1 aromatic heterocycles. The van der Waals surface area contributed by atoms with Crippen LogP contribution in [-0.2, 0) is 13.1 Å². The Balaban J connectivity index is 1.94. The lowest BCUT2D eigenvalue weighted by Crippen LogP contribution is -2.13. The van der Waals surface area contributed by atoms with Gasteiger partial charge in [-0.2, -0.15) is 5.26 Å². The van der Waals surface area contributed by atoms with Gasteiger partial charge in [-0.3, -0.25) is 0 Å². The van der Waals surface area contributed by atoms with E-state index in [-0.39, 0.29) is 0 Å². The predicted molar refractivity (Wildman–Crippen MR) is 75.1 cm³/mol. The van der Waals surface area contributed by atoms with Crippen molar-refractivity contribution >= 4 is 11.3 Å². The van der Waals surface area contributed by atoms with Gasteiger partial charge in [0.25, 0.3) is 0 Å². The first-order chi connectivity index (χ1) is 9.22. The van der Waals surface area contributed by atoms with Gasteiger partial charge in [-0.05, 0) is 24.6 Å². The van der Waals surface area contributed by atoms with Crippen LogP contribution >= 0.6 is 11.3 Å². The van der Waals surface area contributed by atoms with E-state index >= 15 is 0 Å². The highest BCUT2D eigenvalue weighted by molar-refractivity contribution is 7.09. The summed E-state index contributed by atoms with van der Waals surface area (Å²) in [4.78, 5) is 4.39. The van der Waals surface area contributed by atoms with Crippen molar-refractivity contribution in [1.29, 1.82) is 5.26 Å². The second-order valence-corrected chi connectivity index (χ2v) is 5.17. The average molecular weight is 273 g/mol. The molecule has 0 amide bonds. The van der Waals surface area contributed by atoms with Gasteiger partial charge >= 0.3 is 0 Å². The lowest BCUT2D eigenvalue weighted by molar-refractivity contribution is 0.412. The molecule has 5 heteroatoms. The number of nitrogens with one attached hydrogen (secondary N) is 1. The van der Waals surface area contributed by atoms with Crippen LogP contribution in [0, 0.1) is 18.3 Å². The number of rotatable bonds is 5. The third-order valence-electron chi connectivity index (χ3n) is 2.69. The number of methoxy groups -OCH3 is 1. The normalized spacial score (nSPS) is 10.2. The Kier molecular flexibility index (Phi) is 4.50. The minimum Gasteiger partial charge on any atom is -0.495 e. The van der Waals surface area contributed by atoms with Gasteiger partial charge in [-0.1, -0.05) is 6.07 Å². The quantitative estimate of drug-likeness (QED) is 0.909. The highest BCUT2D eigenvalue weighted by atomic mass is 32.1. The molecule has 0 aliphatic rings. The molecule has 0 spiro atoms. The predicted octanol–water partition coefficient (Wildman–Crippen LogP) is 2.62. The van der Waals surface area contributed by atoms with E-state index in [9.17, 15) is 0 Å². The van der Waals surface area contributed by atoms with Crippen LogP contribution < -0.4 is 10.1 Å². The standard InChI is InChI=1S/C14H15N3OS/c1-10-17-13(9-19-10)8-16-7-11-3-4-12(6-15)14(5-11)18-2/h3-5,9,16H,7-8H2,1-2H3. The van der Waals surface area contributed by atoms with Crippen LogP contribution in [0.4, 0.5) is 0 Å². The van der Waals surface area contributed by atoms with E-state index in [2.05, 4.69) is 21.8 Å². The van der Waals surface area contributed by atoms with E-state index in [1.54, 1.807) is 24.5 Å². The average Bonchev–Trinajstić information content (AvgIpc) is 2.84.